The van der Waals surface area contributed by atoms with Gasteiger partial charge < -0.3 is 0 Å². The summed E-state index contributed by atoms with van der Waals surface area (Å²) in [6, 6.07) is 2.54. The van der Waals surface area contributed by atoms with Crippen LogP contribution in [0.2, 0.25) is 0 Å². The van der Waals surface area contributed by atoms with Crippen LogP contribution < -0.4 is 4.90 Å². The van der Waals surface area contributed by atoms with Crippen LogP contribution in [-0.4, -0.2) is 36.0 Å². The number of rotatable bonds is 3. The van der Waals surface area contributed by atoms with Crippen molar-refractivity contribution in [3.8, 4) is 0 Å². The van der Waals surface area contributed by atoms with E-state index in [1.165, 1.54) is 24.0 Å². The first-order valence-electron chi connectivity index (χ1n) is 5.56. The molecular formula is C10H10ClN3O5S. The summed E-state index contributed by atoms with van der Waals surface area (Å²) in [7, 11) is 1.40. The van der Waals surface area contributed by atoms with Gasteiger partial charge in [0.05, 0.1) is 4.92 Å². The average Bonchev–Trinajstić information content (AvgIpc) is 2.70. The van der Waals surface area contributed by atoms with E-state index in [0.717, 1.165) is 0 Å². The van der Waals surface area contributed by atoms with Crippen LogP contribution in [0.15, 0.2) is 12.1 Å². The van der Waals surface area contributed by atoms with Crippen molar-refractivity contribution in [2.24, 2.45) is 0 Å². The Labute approximate surface area is 118 Å². The molecule has 0 aromatic carbocycles. The molecule has 20 heavy (non-hydrogen) atoms. The van der Waals surface area contributed by atoms with Crippen molar-refractivity contribution >= 4 is 37.1 Å². The van der Waals surface area contributed by atoms with E-state index in [1.807, 2.05) is 0 Å². The summed E-state index contributed by atoms with van der Waals surface area (Å²) in [5, 5.41) is 9.70. The Hall–Kier alpha value is -1.74. The van der Waals surface area contributed by atoms with Gasteiger partial charge in [0, 0.05) is 29.7 Å². The van der Waals surface area contributed by atoms with E-state index in [4.69, 9.17) is 10.7 Å². The molecule has 10 heteroatoms. The number of nitrogens with zero attached hydrogens (tertiary/aromatic N) is 3. The van der Waals surface area contributed by atoms with Gasteiger partial charge in [-0.2, -0.15) is 0 Å². The van der Waals surface area contributed by atoms with Crippen molar-refractivity contribution < 1.29 is 18.1 Å². The third-order valence-corrected chi connectivity index (χ3v) is 4.87. The van der Waals surface area contributed by atoms with Crippen LogP contribution >= 0.6 is 10.7 Å². The molecule has 0 spiro atoms. The van der Waals surface area contributed by atoms with Gasteiger partial charge in [0.1, 0.15) is 16.8 Å². The average molecular weight is 320 g/mol. The van der Waals surface area contributed by atoms with Crippen molar-refractivity contribution in [3.63, 3.8) is 0 Å². The first kappa shape index (κ1) is 14.7. The highest BCUT2D eigenvalue weighted by atomic mass is 35.7. The Morgan fingerprint density at radius 1 is 1.50 bits per heavy atom. The van der Waals surface area contributed by atoms with Gasteiger partial charge in [-0.3, -0.25) is 19.8 Å². The van der Waals surface area contributed by atoms with Gasteiger partial charge in [-0.05, 0) is 13.0 Å². The predicted octanol–water partition coefficient (Wildman–Crippen LogP) is 0.972. The molecule has 1 atom stereocenters. The second-order valence-electron chi connectivity index (χ2n) is 4.34. The second kappa shape index (κ2) is 4.98. The number of anilines is 1. The largest absolute Gasteiger partial charge is 0.295 e. The molecule has 0 aliphatic carbocycles. The fourth-order valence-electron chi connectivity index (χ4n) is 1.97. The van der Waals surface area contributed by atoms with Crippen LogP contribution in [0.25, 0.3) is 0 Å². The van der Waals surface area contributed by atoms with Crippen molar-refractivity contribution in [2.75, 3.05) is 11.4 Å². The fraction of sp³-hybridized carbons (Fsp3) is 0.400. The van der Waals surface area contributed by atoms with Crippen molar-refractivity contribution in [1.29, 1.82) is 0 Å². The molecule has 1 aliphatic rings. The summed E-state index contributed by atoms with van der Waals surface area (Å²) < 4.78 is 22.5. The number of nitro groups is 1. The maximum Gasteiger partial charge on any atom is 0.290 e. The molecule has 8 nitrogen and oxygen atoms in total. The third-order valence-electron chi connectivity index (χ3n) is 3.00. The van der Waals surface area contributed by atoms with E-state index in [0.29, 0.717) is 0 Å². The summed E-state index contributed by atoms with van der Waals surface area (Å²) in [5.41, 5.74) is -0.0145. The first-order chi connectivity index (χ1) is 9.20. The number of amides is 1. The number of carbonyl (C=O) groups excluding carboxylic acids is 1. The van der Waals surface area contributed by atoms with E-state index >= 15 is 0 Å². The lowest BCUT2D eigenvalue weighted by Gasteiger charge is -2.15. The molecule has 0 radical (unpaired) electrons. The monoisotopic (exact) mass is 319 g/mol. The number of hydrogen-bond donors (Lipinski definition) is 0. The fourth-order valence-corrected chi connectivity index (χ4v) is 3.00. The number of aromatic nitrogens is 1. The highest BCUT2D eigenvalue weighted by Gasteiger charge is 2.38. The molecule has 1 saturated heterocycles. The van der Waals surface area contributed by atoms with Gasteiger partial charge >= 0.3 is 0 Å². The highest BCUT2D eigenvalue weighted by Crippen LogP contribution is 2.27. The van der Waals surface area contributed by atoms with Gasteiger partial charge in [0.15, 0.2) is 0 Å². The van der Waals surface area contributed by atoms with Crippen LogP contribution in [0, 0.1) is 17.0 Å². The van der Waals surface area contributed by atoms with Crippen LogP contribution in [-0.2, 0) is 13.8 Å². The molecule has 1 aliphatic heterocycles. The summed E-state index contributed by atoms with van der Waals surface area (Å²) in [4.78, 5) is 27.0. The Kier molecular flexibility index (Phi) is 3.65. The molecular weight excluding hydrogens is 310 g/mol. The molecule has 2 rings (SSSR count). The van der Waals surface area contributed by atoms with E-state index < -0.39 is 25.1 Å². The minimum absolute atomic E-state index is 0.102. The Bertz CT molecular complexity index is 690. The zero-order valence-corrected chi connectivity index (χ0v) is 11.9. The first-order valence-corrected chi connectivity index (χ1v) is 7.93. The van der Waals surface area contributed by atoms with Crippen LogP contribution in [0.3, 0.4) is 0 Å². The van der Waals surface area contributed by atoms with Crippen LogP contribution in [0.4, 0.5) is 11.5 Å². The highest BCUT2D eigenvalue weighted by molar-refractivity contribution is 8.14. The van der Waals surface area contributed by atoms with E-state index in [-0.39, 0.29) is 30.2 Å². The molecule has 1 aromatic rings. The molecule has 108 valence electrons. The maximum atomic E-state index is 11.8. The standard InChI is InChI=1S/C10H10ClN3O5S/c1-6-8(14(16)17)2-3-9(12-6)13-5-7(4-10(13)15)20(11,18)19/h2-3,7H,4-5H2,1H3. The maximum absolute atomic E-state index is 11.8. The van der Waals surface area contributed by atoms with Gasteiger partial charge in [-0.25, -0.2) is 13.4 Å². The van der Waals surface area contributed by atoms with Crippen LogP contribution in [0.1, 0.15) is 12.1 Å². The summed E-state index contributed by atoms with van der Waals surface area (Å²) in [6.07, 6.45) is -0.219. The van der Waals surface area contributed by atoms with Gasteiger partial charge in [-0.15, -0.1) is 0 Å². The molecule has 1 unspecified atom stereocenters. The third kappa shape index (κ3) is 2.73. The molecule has 2 heterocycles. The van der Waals surface area contributed by atoms with Gasteiger partial charge in [0.25, 0.3) is 5.69 Å². The van der Waals surface area contributed by atoms with Crippen LogP contribution in [0.5, 0.6) is 0 Å². The Morgan fingerprint density at radius 2 is 2.15 bits per heavy atom. The summed E-state index contributed by atoms with van der Waals surface area (Å²) >= 11 is 0. The lowest BCUT2D eigenvalue weighted by molar-refractivity contribution is -0.385. The Morgan fingerprint density at radius 3 is 2.60 bits per heavy atom. The zero-order valence-electron chi connectivity index (χ0n) is 10.3. The van der Waals surface area contributed by atoms with Crippen molar-refractivity contribution in [2.45, 2.75) is 18.6 Å². The normalized spacial score (nSPS) is 19.4. The lowest BCUT2D eigenvalue weighted by atomic mass is 10.3. The van der Waals surface area contributed by atoms with E-state index in [9.17, 15) is 23.3 Å². The molecule has 0 bridgehead atoms. The predicted molar refractivity (Wildman–Crippen MR) is 71.2 cm³/mol. The van der Waals surface area contributed by atoms with E-state index in [1.54, 1.807) is 0 Å². The zero-order chi connectivity index (χ0) is 15.1. The minimum atomic E-state index is -3.83. The smallest absolute Gasteiger partial charge is 0.290 e. The van der Waals surface area contributed by atoms with Crippen molar-refractivity contribution in [1.82, 2.24) is 4.98 Å². The molecule has 1 aromatic heterocycles. The molecule has 1 fully saturated rings. The SMILES string of the molecule is Cc1nc(N2CC(S(=O)(=O)Cl)CC2=O)ccc1[N+](=O)[O-]. The number of pyridine rings is 1. The topological polar surface area (TPSA) is 110 Å². The lowest BCUT2D eigenvalue weighted by Crippen LogP contribution is -2.27. The Balaban J connectivity index is 2.31. The van der Waals surface area contributed by atoms with Gasteiger partial charge in [-0.1, -0.05) is 0 Å². The van der Waals surface area contributed by atoms with E-state index in [2.05, 4.69) is 4.98 Å². The van der Waals surface area contributed by atoms with Crippen molar-refractivity contribution in [3.05, 3.63) is 27.9 Å². The molecule has 1 amide bonds. The number of carbonyl (C=O) groups is 1. The summed E-state index contributed by atoms with van der Waals surface area (Å²) in [5.74, 6) is -0.249. The minimum Gasteiger partial charge on any atom is -0.295 e. The molecule has 0 N–H and O–H groups in total. The number of aryl methyl sites for hydroxylation is 1. The second-order valence-corrected chi connectivity index (χ2v) is 7.25. The summed E-state index contributed by atoms with van der Waals surface area (Å²) in [6.45, 7) is 1.34. The number of halogens is 1. The quantitative estimate of drug-likeness (QED) is 0.466. The molecule has 0 saturated carbocycles. The van der Waals surface area contributed by atoms with Gasteiger partial charge in [0.2, 0.25) is 15.0 Å². The number of hydrogen-bond acceptors (Lipinski definition) is 6.